The van der Waals surface area contributed by atoms with Crippen molar-refractivity contribution < 1.29 is 4.74 Å². The van der Waals surface area contributed by atoms with E-state index in [0.29, 0.717) is 6.61 Å². The molecule has 3 rings (SSSR count). The monoisotopic (exact) mass is 281 g/mol. The Labute approximate surface area is 127 Å². The van der Waals surface area contributed by atoms with Gasteiger partial charge in [0.25, 0.3) is 0 Å². The molecule has 2 nitrogen and oxygen atoms in total. The zero-order chi connectivity index (χ0) is 14.5. The Bertz CT molecular complexity index is 590. The maximum Gasteiger partial charge on any atom is 0.122 e. The van der Waals surface area contributed by atoms with Gasteiger partial charge in [-0.15, -0.1) is 0 Å². The Balaban J connectivity index is 1.60. The maximum absolute atomic E-state index is 5.99. The summed E-state index contributed by atoms with van der Waals surface area (Å²) < 4.78 is 5.99. The van der Waals surface area contributed by atoms with Crippen LogP contribution in [0.4, 0.5) is 0 Å². The Morgan fingerprint density at radius 3 is 2.67 bits per heavy atom. The van der Waals surface area contributed by atoms with Crippen molar-refractivity contribution in [2.75, 3.05) is 0 Å². The van der Waals surface area contributed by atoms with E-state index >= 15 is 0 Å². The first-order valence-corrected chi connectivity index (χ1v) is 7.87. The molecule has 2 aromatic carbocycles. The molecule has 0 radical (unpaired) electrons. The third-order valence-corrected chi connectivity index (χ3v) is 3.91. The van der Waals surface area contributed by atoms with Gasteiger partial charge in [-0.25, -0.2) is 0 Å². The van der Waals surface area contributed by atoms with Crippen LogP contribution < -0.4 is 10.1 Å². The molecule has 0 heterocycles. The number of ether oxygens (including phenoxy) is 1. The highest BCUT2D eigenvalue weighted by molar-refractivity contribution is 5.33. The molecule has 1 N–H and O–H groups in total. The van der Waals surface area contributed by atoms with Crippen LogP contribution in [0, 0.1) is 0 Å². The van der Waals surface area contributed by atoms with E-state index in [-0.39, 0.29) is 0 Å². The predicted molar refractivity (Wildman–Crippen MR) is 86.5 cm³/mol. The Morgan fingerprint density at radius 1 is 1.05 bits per heavy atom. The van der Waals surface area contributed by atoms with Gasteiger partial charge in [-0.2, -0.15) is 0 Å². The first kappa shape index (κ1) is 14.2. The fourth-order valence-corrected chi connectivity index (χ4v) is 2.48. The molecule has 1 aliphatic rings. The molecule has 0 bridgehead atoms. The van der Waals surface area contributed by atoms with E-state index < -0.39 is 0 Å². The van der Waals surface area contributed by atoms with Gasteiger partial charge in [0.05, 0.1) is 0 Å². The van der Waals surface area contributed by atoms with Crippen LogP contribution in [0.1, 0.15) is 36.5 Å². The van der Waals surface area contributed by atoms with Crippen molar-refractivity contribution in [2.45, 2.75) is 45.4 Å². The van der Waals surface area contributed by atoms with Crippen molar-refractivity contribution in [3.8, 4) is 5.75 Å². The first-order chi connectivity index (χ1) is 10.3. The zero-order valence-electron chi connectivity index (χ0n) is 12.6. The average molecular weight is 281 g/mol. The lowest BCUT2D eigenvalue weighted by Gasteiger charge is -2.11. The summed E-state index contributed by atoms with van der Waals surface area (Å²) in [4.78, 5) is 0. The molecular formula is C19H23NO. The van der Waals surface area contributed by atoms with E-state index in [1.54, 1.807) is 0 Å². The van der Waals surface area contributed by atoms with Crippen LogP contribution in [0.15, 0.2) is 48.5 Å². The standard InChI is InChI=1S/C19H23NO/c1-2-17-8-3-4-9-19(17)21-14-16-7-5-6-15(12-16)13-20-18-10-11-18/h3-9,12,18,20H,2,10-11,13-14H2,1H3. The van der Waals surface area contributed by atoms with Gasteiger partial charge in [0.1, 0.15) is 12.4 Å². The van der Waals surface area contributed by atoms with Gasteiger partial charge in [-0.1, -0.05) is 49.4 Å². The third kappa shape index (κ3) is 4.08. The van der Waals surface area contributed by atoms with E-state index in [9.17, 15) is 0 Å². The van der Waals surface area contributed by atoms with E-state index in [1.807, 2.05) is 6.07 Å². The van der Waals surface area contributed by atoms with Crippen LogP contribution in [0.5, 0.6) is 5.75 Å². The second kappa shape index (κ2) is 6.77. The number of rotatable bonds is 7. The minimum absolute atomic E-state index is 0.633. The summed E-state index contributed by atoms with van der Waals surface area (Å²) in [6.45, 7) is 3.75. The molecule has 2 aromatic rings. The molecule has 2 heteroatoms. The summed E-state index contributed by atoms with van der Waals surface area (Å²) in [6.07, 6.45) is 3.66. The molecule has 0 saturated heterocycles. The van der Waals surface area contributed by atoms with E-state index in [0.717, 1.165) is 24.8 Å². The third-order valence-electron chi connectivity index (χ3n) is 3.91. The van der Waals surface area contributed by atoms with Gasteiger partial charge in [0.15, 0.2) is 0 Å². The van der Waals surface area contributed by atoms with Gasteiger partial charge in [-0.05, 0) is 42.0 Å². The van der Waals surface area contributed by atoms with Crippen LogP contribution >= 0.6 is 0 Å². The average Bonchev–Trinajstić information content (AvgIpc) is 3.36. The summed E-state index contributed by atoms with van der Waals surface area (Å²) in [5.74, 6) is 1.00. The SMILES string of the molecule is CCc1ccccc1OCc1cccc(CNC2CC2)c1. The lowest BCUT2D eigenvalue weighted by atomic mass is 10.1. The summed E-state index contributed by atoms with van der Waals surface area (Å²) in [7, 11) is 0. The molecule has 0 unspecified atom stereocenters. The topological polar surface area (TPSA) is 21.3 Å². The maximum atomic E-state index is 5.99. The van der Waals surface area contributed by atoms with Crippen molar-refractivity contribution in [2.24, 2.45) is 0 Å². The molecule has 1 saturated carbocycles. The number of hydrogen-bond acceptors (Lipinski definition) is 2. The second-order valence-electron chi connectivity index (χ2n) is 5.73. The largest absolute Gasteiger partial charge is 0.489 e. The van der Waals surface area contributed by atoms with Gasteiger partial charge >= 0.3 is 0 Å². The van der Waals surface area contributed by atoms with Crippen molar-refractivity contribution in [1.82, 2.24) is 5.32 Å². The summed E-state index contributed by atoms with van der Waals surface area (Å²) in [5.41, 5.74) is 3.84. The fourth-order valence-electron chi connectivity index (χ4n) is 2.48. The van der Waals surface area contributed by atoms with E-state index in [4.69, 9.17) is 4.74 Å². The van der Waals surface area contributed by atoms with Crippen molar-refractivity contribution >= 4 is 0 Å². The van der Waals surface area contributed by atoms with Crippen molar-refractivity contribution in [1.29, 1.82) is 0 Å². The number of benzene rings is 2. The Hall–Kier alpha value is -1.80. The molecule has 0 amide bonds. The number of aryl methyl sites for hydroxylation is 1. The lowest BCUT2D eigenvalue weighted by Crippen LogP contribution is -2.15. The predicted octanol–water partition coefficient (Wildman–Crippen LogP) is 4.08. The van der Waals surface area contributed by atoms with Crippen LogP contribution in [0.25, 0.3) is 0 Å². The minimum atomic E-state index is 0.633. The Morgan fingerprint density at radius 2 is 1.86 bits per heavy atom. The second-order valence-corrected chi connectivity index (χ2v) is 5.73. The van der Waals surface area contributed by atoms with Crippen molar-refractivity contribution in [3.05, 3.63) is 65.2 Å². The zero-order valence-corrected chi connectivity index (χ0v) is 12.6. The van der Waals surface area contributed by atoms with Crippen molar-refractivity contribution in [3.63, 3.8) is 0 Å². The first-order valence-electron chi connectivity index (χ1n) is 7.87. The number of nitrogens with one attached hydrogen (secondary N) is 1. The van der Waals surface area contributed by atoms with Crippen LogP contribution in [0.2, 0.25) is 0 Å². The van der Waals surface area contributed by atoms with E-state index in [1.165, 1.54) is 29.5 Å². The smallest absolute Gasteiger partial charge is 0.122 e. The molecular weight excluding hydrogens is 258 g/mol. The quantitative estimate of drug-likeness (QED) is 0.825. The molecule has 0 aliphatic heterocycles. The lowest BCUT2D eigenvalue weighted by molar-refractivity contribution is 0.303. The van der Waals surface area contributed by atoms with Crippen LogP contribution in [-0.4, -0.2) is 6.04 Å². The van der Waals surface area contributed by atoms with Gasteiger partial charge in [0, 0.05) is 12.6 Å². The molecule has 0 aromatic heterocycles. The van der Waals surface area contributed by atoms with Gasteiger partial charge in [-0.3, -0.25) is 0 Å². The molecule has 21 heavy (non-hydrogen) atoms. The van der Waals surface area contributed by atoms with Crippen LogP contribution in [-0.2, 0) is 19.6 Å². The molecule has 110 valence electrons. The molecule has 0 atom stereocenters. The molecule has 0 spiro atoms. The van der Waals surface area contributed by atoms with E-state index in [2.05, 4.69) is 54.7 Å². The normalized spacial score (nSPS) is 14.1. The highest BCUT2D eigenvalue weighted by Gasteiger charge is 2.19. The summed E-state index contributed by atoms with van der Waals surface area (Å²) >= 11 is 0. The van der Waals surface area contributed by atoms with Gasteiger partial charge < -0.3 is 10.1 Å². The highest BCUT2D eigenvalue weighted by Crippen LogP contribution is 2.21. The van der Waals surface area contributed by atoms with Gasteiger partial charge in [0.2, 0.25) is 0 Å². The summed E-state index contributed by atoms with van der Waals surface area (Å²) in [5, 5.41) is 3.55. The minimum Gasteiger partial charge on any atom is -0.489 e. The molecule has 1 fully saturated rings. The number of para-hydroxylation sites is 1. The molecule has 1 aliphatic carbocycles. The fraction of sp³-hybridized carbons (Fsp3) is 0.368. The highest BCUT2D eigenvalue weighted by atomic mass is 16.5. The number of hydrogen-bond donors (Lipinski definition) is 1. The Kier molecular flexibility index (Phi) is 4.56. The summed E-state index contributed by atoms with van der Waals surface area (Å²) in [6, 6.07) is 17.7. The van der Waals surface area contributed by atoms with Crippen LogP contribution in [0.3, 0.4) is 0 Å².